The van der Waals surface area contributed by atoms with Gasteiger partial charge in [0.1, 0.15) is 11.5 Å². The Hall–Kier alpha value is -4.13. The van der Waals surface area contributed by atoms with E-state index >= 15 is 0 Å². The van der Waals surface area contributed by atoms with Crippen LogP contribution in [0.5, 0.6) is 11.5 Å². The smallest absolute Gasteiger partial charge is 0.281 e. The van der Waals surface area contributed by atoms with Crippen LogP contribution in [-0.2, 0) is 6.54 Å². The van der Waals surface area contributed by atoms with Crippen molar-refractivity contribution in [3.8, 4) is 22.9 Å². The summed E-state index contributed by atoms with van der Waals surface area (Å²) in [5.41, 5.74) is 3.48. The van der Waals surface area contributed by atoms with Gasteiger partial charge in [0, 0.05) is 17.7 Å². The average molecular weight is 428 g/mol. The lowest BCUT2D eigenvalue weighted by Gasteiger charge is -2.08. The Kier molecular flexibility index (Phi) is 6.17. The van der Waals surface area contributed by atoms with Crippen molar-refractivity contribution in [1.82, 2.24) is 14.8 Å². The monoisotopic (exact) mass is 428 g/mol. The van der Waals surface area contributed by atoms with E-state index in [1.807, 2.05) is 55.5 Å². The molecule has 4 rings (SSSR count). The fourth-order valence-electron chi connectivity index (χ4n) is 3.17. The summed E-state index contributed by atoms with van der Waals surface area (Å²) in [5.74, 6) is 2.03. The van der Waals surface area contributed by atoms with Crippen LogP contribution in [0.25, 0.3) is 11.4 Å². The highest BCUT2D eigenvalue weighted by Gasteiger charge is 2.19. The summed E-state index contributed by atoms with van der Waals surface area (Å²) < 4.78 is 11.7. The first-order valence-electron chi connectivity index (χ1n) is 10.2. The summed E-state index contributed by atoms with van der Waals surface area (Å²) in [7, 11) is 3.22. The van der Waals surface area contributed by atoms with E-state index in [1.165, 1.54) is 4.68 Å². The number of aromatic nitrogens is 3. The van der Waals surface area contributed by atoms with Crippen LogP contribution in [0.1, 0.15) is 21.5 Å². The molecule has 1 heterocycles. The third-order valence-corrected chi connectivity index (χ3v) is 5.06. The third kappa shape index (κ3) is 4.62. The van der Waals surface area contributed by atoms with Crippen LogP contribution in [0.2, 0.25) is 0 Å². The van der Waals surface area contributed by atoms with Crippen molar-refractivity contribution in [3.05, 3.63) is 89.5 Å². The molecular weight excluding hydrogens is 404 g/mol. The molecule has 4 aromatic rings. The van der Waals surface area contributed by atoms with E-state index in [2.05, 4.69) is 15.4 Å². The van der Waals surface area contributed by atoms with Gasteiger partial charge in [-0.25, -0.2) is 0 Å². The Labute approximate surface area is 186 Å². The topological polar surface area (TPSA) is 78.3 Å². The van der Waals surface area contributed by atoms with Gasteiger partial charge in [0.25, 0.3) is 5.91 Å². The molecule has 0 unspecified atom stereocenters. The van der Waals surface area contributed by atoms with Crippen LogP contribution in [0, 0.1) is 6.92 Å². The standard InChI is InChI=1S/C25H24N4O3/c1-17-4-8-19(9-5-17)23-27-25(26-16-18-6-12-21(31-2)13-7-18)29(28-23)24(30)20-10-14-22(32-3)15-11-20/h4-15H,16H2,1-3H3,(H,26,27,28). The molecule has 7 nitrogen and oxygen atoms in total. The fourth-order valence-corrected chi connectivity index (χ4v) is 3.17. The highest BCUT2D eigenvalue weighted by atomic mass is 16.5. The Morgan fingerprint density at radius 2 is 1.47 bits per heavy atom. The maximum absolute atomic E-state index is 13.2. The van der Waals surface area contributed by atoms with Crippen LogP contribution in [0.15, 0.2) is 72.8 Å². The van der Waals surface area contributed by atoms with E-state index in [1.54, 1.807) is 38.5 Å². The van der Waals surface area contributed by atoms with Crippen molar-refractivity contribution >= 4 is 11.9 Å². The second kappa shape index (κ2) is 9.34. The van der Waals surface area contributed by atoms with Crippen LogP contribution < -0.4 is 14.8 Å². The van der Waals surface area contributed by atoms with Crippen LogP contribution >= 0.6 is 0 Å². The normalized spacial score (nSPS) is 10.6. The van der Waals surface area contributed by atoms with Gasteiger partial charge in [0.05, 0.1) is 14.2 Å². The predicted molar refractivity (Wildman–Crippen MR) is 123 cm³/mol. The SMILES string of the molecule is COc1ccc(CNc2nc(-c3ccc(C)cc3)nn2C(=O)c2ccc(OC)cc2)cc1. The van der Waals surface area contributed by atoms with Gasteiger partial charge in [-0.3, -0.25) is 4.79 Å². The molecule has 0 spiro atoms. The van der Waals surface area contributed by atoms with Gasteiger partial charge in [0.15, 0.2) is 5.82 Å². The maximum atomic E-state index is 13.2. The number of hydrogen-bond acceptors (Lipinski definition) is 6. The number of methoxy groups -OCH3 is 2. The number of rotatable bonds is 7. The second-order valence-electron chi connectivity index (χ2n) is 7.27. The van der Waals surface area contributed by atoms with E-state index in [0.717, 1.165) is 22.4 Å². The zero-order chi connectivity index (χ0) is 22.5. The number of aryl methyl sites for hydroxylation is 1. The van der Waals surface area contributed by atoms with Crippen molar-refractivity contribution < 1.29 is 14.3 Å². The highest BCUT2D eigenvalue weighted by molar-refractivity contribution is 5.97. The zero-order valence-electron chi connectivity index (χ0n) is 18.2. The van der Waals surface area contributed by atoms with Crippen molar-refractivity contribution in [2.75, 3.05) is 19.5 Å². The first kappa shape index (κ1) is 21.1. The van der Waals surface area contributed by atoms with Gasteiger partial charge < -0.3 is 14.8 Å². The molecule has 0 saturated carbocycles. The lowest BCUT2D eigenvalue weighted by Crippen LogP contribution is -2.17. The van der Waals surface area contributed by atoms with Crippen molar-refractivity contribution in [3.63, 3.8) is 0 Å². The Morgan fingerprint density at radius 1 is 0.875 bits per heavy atom. The largest absolute Gasteiger partial charge is 0.497 e. The molecule has 7 heteroatoms. The van der Waals surface area contributed by atoms with E-state index in [4.69, 9.17) is 9.47 Å². The molecule has 1 aromatic heterocycles. The molecule has 162 valence electrons. The minimum absolute atomic E-state index is 0.282. The summed E-state index contributed by atoms with van der Waals surface area (Å²) in [5, 5.41) is 7.76. The first-order chi connectivity index (χ1) is 15.6. The Bertz CT molecular complexity index is 1200. The molecular formula is C25H24N4O3. The fraction of sp³-hybridized carbons (Fsp3) is 0.160. The number of nitrogens with one attached hydrogen (secondary N) is 1. The van der Waals surface area contributed by atoms with E-state index in [-0.39, 0.29) is 5.91 Å². The first-order valence-corrected chi connectivity index (χ1v) is 10.2. The molecule has 0 aliphatic carbocycles. The number of hydrogen-bond donors (Lipinski definition) is 1. The summed E-state index contributed by atoms with van der Waals surface area (Å²) in [6, 6.07) is 22.5. The number of benzene rings is 3. The summed E-state index contributed by atoms with van der Waals surface area (Å²) in [6.45, 7) is 2.50. The Balaban J connectivity index is 1.65. The number of nitrogens with zero attached hydrogens (tertiary/aromatic N) is 3. The van der Waals surface area contributed by atoms with E-state index < -0.39 is 0 Å². The molecule has 0 aliphatic heterocycles. The minimum atomic E-state index is -0.282. The molecule has 0 saturated heterocycles. The van der Waals surface area contributed by atoms with Gasteiger partial charge in [-0.05, 0) is 48.9 Å². The molecule has 1 N–H and O–H groups in total. The average Bonchev–Trinajstić information content (AvgIpc) is 3.27. The molecule has 0 amide bonds. The lowest BCUT2D eigenvalue weighted by atomic mass is 10.1. The number of carbonyl (C=O) groups excluding carboxylic acids is 1. The second-order valence-corrected chi connectivity index (χ2v) is 7.27. The maximum Gasteiger partial charge on any atom is 0.281 e. The van der Waals surface area contributed by atoms with Gasteiger partial charge in [0.2, 0.25) is 5.95 Å². The molecule has 0 radical (unpaired) electrons. The van der Waals surface area contributed by atoms with Crippen molar-refractivity contribution in [1.29, 1.82) is 0 Å². The van der Waals surface area contributed by atoms with Gasteiger partial charge >= 0.3 is 0 Å². The Morgan fingerprint density at radius 3 is 2.06 bits per heavy atom. The molecule has 3 aromatic carbocycles. The quantitative estimate of drug-likeness (QED) is 0.465. The zero-order valence-corrected chi connectivity index (χ0v) is 18.2. The van der Waals surface area contributed by atoms with Crippen LogP contribution in [0.4, 0.5) is 5.95 Å². The molecule has 0 fully saturated rings. The van der Waals surface area contributed by atoms with Gasteiger partial charge in [-0.15, -0.1) is 5.10 Å². The molecule has 0 bridgehead atoms. The predicted octanol–water partition coefficient (Wildman–Crippen LogP) is 4.57. The molecule has 0 atom stereocenters. The van der Waals surface area contributed by atoms with Gasteiger partial charge in [-0.1, -0.05) is 42.0 Å². The lowest BCUT2D eigenvalue weighted by molar-refractivity contribution is 0.0947. The minimum Gasteiger partial charge on any atom is -0.497 e. The third-order valence-electron chi connectivity index (χ3n) is 5.06. The summed E-state index contributed by atoms with van der Waals surface area (Å²) in [6.07, 6.45) is 0. The highest BCUT2D eigenvalue weighted by Crippen LogP contribution is 2.21. The number of ether oxygens (including phenoxy) is 2. The van der Waals surface area contributed by atoms with Crippen LogP contribution in [0.3, 0.4) is 0 Å². The summed E-state index contributed by atoms with van der Waals surface area (Å²) >= 11 is 0. The van der Waals surface area contributed by atoms with Crippen LogP contribution in [-0.4, -0.2) is 34.9 Å². The van der Waals surface area contributed by atoms with E-state index in [9.17, 15) is 4.79 Å². The van der Waals surface area contributed by atoms with Crippen molar-refractivity contribution in [2.24, 2.45) is 0 Å². The van der Waals surface area contributed by atoms with Crippen molar-refractivity contribution in [2.45, 2.75) is 13.5 Å². The van der Waals surface area contributed by atoms with Gasteiger partial charge in [-0.2, -0.15) is 9.67 Å². The number of anilines is 1. The summed E-state index contributed by atoms with van der Waals surface area (Å²) in [4.78, 5) is 17.8. The van der Waals surface area contributed by atoms with E-state index in [0.29, 0.717) is 29.6 Å². The number of carbonyl (C=O) groups is 1. The molecule has 32 heavy (non-hydrogen) atoms. The molecule has 0 aliphatic rings.